The first-order chi connectivity index (χ1) is 9.34. The van der Waals surface area contributed by atoms with Gasteiger partial charge in [-0.05, 0) is 31.0 Å². The fraction of sp³-hybridized carbons (Fsp3) is 0.333. The molecule has 3 N–H and O–H groups in total. The molecule has 0 spiro atoms. The Balaban J connectivity index is 2.42. The Morgan fingerprint density at radius 3 is 2.65 bits per heavy atom. The number of rotatable bonds is 4. The van der Waals surface area contributed by atoms with Crippen molar-refractivity contribution in [3.05, 3.63) is 29.8 Å². The number of nitrogens with two attached hydrogens (primary N) is 1. The van der Waals surface area contributed by atoms with Crippen molar-refractivity contribution in [1.82, 2.24) is 4.31 Å². The van der Waals surface area contributed by atoms with Crippen LogP contribution in [0.25, 0.3) is 0 Å². The van der Waals surface area contributed by atoms with Crippen molar-refractivity contribution in [3.8, 4) is 0 Å². The molecule has 1 heterocycles. The van der Waals surface area contributed by atoms with E-state index in [0.29, 0.717) is 6.42 Å². The van der Waals surface area contributed by atoms with Crippen molar-refractivity contribution in [2.45, 2.75) is 23.8 Å². The van der Waals surface area contributed by atoms with E-state index >= 15 is 0 Å². The lowest BCUT2D eigenvalue weighted by Crippen LogP contribution is -2.40. The van der Waals surface area contributed by atoms with Crippen LogP contribution in [0.4, 0.5) is 0 Å². The predicted octanol–water partition coefficient (Wildman–Crippen LogP) is 0.0232. The largest absolute Gasteiger partial charge is 0.480 e. The molecule has 2 rings (SSSR count). The molecule has 1 aliphatic heterocycles. The number of carboxylic acids is 1. The lowest BCUT2D eigenvalue weighted by molar-refractivity contribution is -0.140. The zero-order valence-electron chi connectivity index (χ0n) is 10.5. The molecule has 0 aromatic heterocycles. The molecule has 8 heteroatoms. The molecular weight excluding hydrogens is 284 g/mol. The van der Waals surface area contributed by atoms with Gasteiger partial charge in [-0.3, -0.25) is 9.59 Å². The van der Waals surface area contributed by atoms with Gasteiger partial charge in [-0.25, -0.2) is 8.42 Å². The third-order valence-corrected chi connectivity index (χ3v) is 5.12. The highest BCUT2D eigenvalue weighted by Crippen LogP contribution is 2.26. The molecular formula is C12H14N2O5S. The smallest absolute Gasteiger partial charge is 0.322 e. The predicted molar refractivity (Wildman–Crippen MR) is 69.5 cm³/mol. The maximum atomic E-state index is 12.4. The maximum Gasteiger partial charge on any atom is 0.322 e. The Labute approximate surface area is 116 Å². The zero-order chi connectivity index (χ0) is 14.9. The first-order valence-electron chi connectivity index (χ1n) is 5.98. The molecule has 1 aromatic carbocycles. The molecule has 0 aliphatic carbocycles. The minimum absolute atomic E-state index is 0.0668. The Bertz CT molecular complexity index is 656. The van der Waals surface area contributed by atoms with Crippen molar-refractivity contribution < 1.29 is 23.1 Å². The summed E-state index contributed by atoms with van der Waals surface area (Å²) in [5.74, 6) is -1.91. The van der Waals surface area contributed by atoms with Gasteiger partial charge in [0.2, 0.25) is 15.9 Å². The van der Waals surface area contributed by atoms with Crippen LogP contribution in [-0.2, 0) is 14.8 Å². The van der Waals surface area contributed by atoms with Crippen LogP contribution in [0.3, 0.4) is 0 Å². The van der Waals surface area contributed by atoms with Gasteiger partial charge in [0.15, 0.2) is 0 Å². The number of hydrogen-bond acceptors (Lipinski definition) is 4. The van der Waals surface area contributed by atoms with Gasteiger partial charge in [-0.15, -0.1) is 0 Å². The summed E-state index contributed by atoms with van der Waals surface area (Å²) in [5.41, 5.74) is 5.18. The Morgan fingerprint density at radius 1 is 1.35 bits per heavy atom. The standard InChI is InChI=1S/C12H14N2O5S/c13-11(15)8-3-1-4-9(7-8)20(18,19)14-6-2-5-10(14)12(16)17/h1,3-4,7,10H,2,5-6H2,(H2,13,15)(H,16,17). The fourth-order valence-corrected chi connectivity index (χ4v) is 3.92. The normalized spacial score (nSPS) is 19.9. The molecule has 0 saturated carbocycles. The molecule has 1 aromatic rings. The fourth-order valence-electron chi connectivity index (χ4n) is 2.22. The van der Waals surface area contributed by atoms with E-state index in [1.807, 2.05) is 0 Å². The second kappa shape index (κ2) is 5.22. The number of nitrogens with zero attached hydrogens (tertiary/aromatic N) is 1. The maximum absolute atomic E-state index is 12.4. The summed E-state index contributed by atoms with van der Waals surface area (Å²) in [6.07, 6.45) is 0.774. The number of amides is 1. The van der Waals surface area contributed by atoms with Gasteiger partial charge in [0.1, 0.15) is 6.04 Å². The molecule has 20 heavy (non-hydrogen) atoms. The Hall–Kier alpha value is -1.93. The highest BCUT2D eigenvalue weighted by Gasteiger charge is 2.39. The monoisotopic (exact) mass is 298 g/mol. The van der Waals surface area contributed by atoms with Gasteiger partial charge in [-0.1, -0.05) is 6.07 Å². The van der Waals surface area contributed by atoms with Crippen LogP contribution >= 0.6 is 0 Å². The van der Waals surface area contributed by atoms with Crippen LogP contribution in [0, 0.1) is 0 Å². The first kappa shape index (κ1) is 14.5. The molecule has 7 nitrogen and oxygen atoms in total. The summed E-state index contributed by atoms with van der Waals surface area (Å²) in [7, 11) is -3.94. The second-order valence-corrected chi connectivity index (χ2v) is 6.39. The highest BCUT2D eigenvalue weighted by molar-refractivity contribution is 7.89. The third kappa shape index (κ3) is 2.52. The number of sulfonamides is 1. The van der Waals surface area contributed by atoms with E-state index in [0.717, 1.165) is 10.4 Å². The minimum Gasteiger partial charge on any atom is -0.480 e. The van der Waals surface area contributed by atoms with E-state index in [-0.39, 0.29) is 23.4 Å². The zero-order valence-corrected chi connectivity index (χ0v) is 11.3. The number of benzene rings is 1. The van der Waals surface area contributed by atoms with Crippen molar-refractivity contribution in [2.75, 3.05) is 6.54 Å². The van der Waals surface area contributed by atoms with Gasteiger partial charge < -0.3 is 10.8 Å². The van der Waals surface area contributed by atoms with Crippen LogP contribution in [0.15, 0.2) is 29.2 Å². The Kier molecular flexibility index (Phi) is 3.78. The first-order valence-corrected chi connectivity index (χ1v) is 7.42. The number of carbonyl (C=O) groups is 2. The number of aliphatic carboxylic acids is 1. The van der Waals surface area contributed by atoms with Crippen LogP contribution in [0.2, 0.25) is 0 Å². The number of carboxylic acid groups (broad SMARTS) is 1. The van der Waals surface area contributed by atoms with E-state index in [1.54, 1.807) is 0 Å². The Morgan fingerprint density at radius 2 is 2.05 bits per heavy atom. The van der Waals surface area contributed by atoms with Crippen molar-refractivity contribution in [3.63, 3.8) is 0 Å². The topological polar surface area (TPSA) is 118 Å². The summed E-state index contributed by atoms with van der Waals surface area (Å²) < 4.78 is 25.8. The summed E-state index contributed by atoms with van der Waals surface area (Å²) in [6.45, 7) is 0.153. The summed E-state index contributed by atoms with van der Waals surface area (Å²) in [6, 6.07) is 4.23. The highest BCUT2D eigenvalue weighted by atomic mass is 32.2. The lowest BCUT2D eigenvalue weighted by Gasteiger charge is -2.21. The molecule has 1 saturated heterocycles. The van der Waals surface area contributed by atoms with E-state index in [9.17, 15) is 18.0 Å². The number of primary amides is 1. The van der Waals surface area contributed by atoms with Crippen molar-refractivity contribution in [1.29, 1.82) is 0 Å². The van der Waals surface area contributed by atoms with Gasteiger partial charge >= 0.3 is 5.97 Å². The molecule has 1 fully saturated rings. The molecule has 1 atom stereocenters. The van der Waals surface area contributed by atoms with Crippen LogP contribution in [-0.4, -0.2) is 42.3 Å². The second-order valence-electron chi connectivity index (χ2n) is 4.50. The van der Waals surface area contributed by atoms with E-state index in [2.05, 4.69) is 0 Å². The van der Waals surface area contributed by atoms with Gasteiger partial charge in [0.05, 0.1) is 4.90 Å². The average Bonchev–Trinajstić information content (AvgIpc) is 2.89. The van der Waals surface area contributed by atoms with Crippen molar-refractivity contribution in [2.24, 2.45) is 5.73 Å². The number of hydrogen-bond donors (Lipinski definition) is 2. The van der Waals surface area contributed by atoms with E-state index in [1.165, 1.54) is 18.2 Å². The molecule has 0 bridgehead atoms. The minimum atomic E-state index is -3.94. The summed E-state index contributed by atoms with van der Waals surface area (Å²) in [5, 5.41) is 9.06. The van der Waals surface area contributed by atoms with Crippen LogP contribution in [0.5, 0.6) is 0 Å². The molecule has 1 amide bonds. The molecule has 1 unspecified atom stereocenters. The quantitative estimate of drug-likeness (QED) is 0.812. The molecule has 1 aliphatic rings. The molecule has 108 valence electrons. The SMILES string of the molecule is NC(=O)c1cccc(S(=O)(=O)N2CCCC2C(=O)O)c1. The van der Waals surface area contributed by atoms with Gasteiger partial charge in [-0.2, -0.15) is 4.31 Å². The van der Waals surface area contributed by atoms with Crippen molar-refractivity contribution >= 4 is 21.9 Å². The van der Waals surface area contributed by atoms with Crippen LogP contribution < -0.4 is 5.73 Å². The van der Waals surface area contributed by atoms with E-state index in [4.69, 9.17) is 10.8 Å². The lowest BCUT2D eigenvalue weighted by atomic mass is 10.2. The molecule has 0 radical (unpaired) electrons. The van der Waals surface area contributed by atoms with Gasteiger partial charge in [0.25, 0.3) is 0 Å². The number of carbonyl (C=O) groups excluding carboxylic acids is 1. The van der Waals surface area contributed by atoms with Crippen LogP contribution in [0.1, 0.15) is 23.2 Å². The average molecular weight is 298 g/mol. The van der Waals surface area contributed by atoms with Gasteiger partial charge in [0, 0.05) is 12.1 Å². The summed E-state index contributed by atoms with van der Waals surface area (Å²) >= 11 is 0. The van der Waals surface area contributed by atoms with E-state index < -0.39 is 27.9 Å². The summed E-state index contributed by atoms with van der Waals surface area (Å²) in [4.78, 5) is 22.1. The third-order valence-electron chi connectivity index (χ3n) is 3.21.